The van der Waals surface area contributed by atoms with E-state index in [0.717, 1.165) is 0 Å². The Morgan fingerprint density at radius 1 is 1.29 bits per heavy atom. The summed E-state index contributed by atoms with van der Waals surface area (Å²) < 4.78 is 0. The summed E-state index contributed by atoms with van der Waals surface area (Å²) in [7, 11) is 0. The second-order valence-electron chi connectivity index (χ2n) is 4.27. The molecular formula is C14H24. The molecule has 0 fully saturated rings. The van der Waals surface area contributed by atoms with Crippen LogP contribution in [0, 0.1) is 11.8 Å². The first-order valence-electron chi connectivity index (χ1n) is 5.55. The minimum Gasteiger partial charge on any atom is -0.0988 e. The van der Waals surface area contributed by atoms with E-state index in [1.54, 1.807) is 0 Å². The lowest BCUT2D eigenvalue weighted by Gasteiger charge is -2.13. The van der Waals surface area contributed by atoms with Gasteiger partial charge in [-0.2, -0.15) is 0 Å². The molecule has 0 aliphatic heterocycles. The summed E-state index contributed by atoms with van der Waals surface area (Å²) in [6.45, 7) is 16.7. The third-order valence-electron chi connectivity index (χ3n) is 2.62. The molecule has 0 aliphatic rings. The average Bonchev–Trinajstić information content (AvgIpc) is 2.13. The van der Waals surface area contributed by atoms with Crippen LogP contribution in [-0.2, 0) is 0 Å². The van der Waals surface area contributed by atoms with Crippen molar-refractivity contribution in [2.75, 3.05) is 0 Å². The molecule has 0 saturated carbocycles. The van der Waals surface area contributed by atoms with Crippen LogP contribution >= 0.6 is 0 Å². The second kappa shape index (κ2) is 6.64. The van der Waals surface area contributed by atoms with Crippen molar-refractivity contribution >= 4 is 0 Å². The van der Waals surface area contributed by atoms with Gasteiger partial charge in [-0.05, 0) is 23.8 Å². The monoisotopic (exact) mass is 192 g/mol. The van der Waals surface area contributed by atoms with Crippen LogP contribution < -0.4 is 0 Å². The van der Waals surface area contributed by atoms with Crippen LogP contribution in [-0.4, -0.2) is 0 Å². The van der Waals surface area contributed by atoms with Crippen LogP contribution in [0.25, 0.3) is 0 Å². The highest BCUT2D eigenvalue weighted by molar-refractivity contribution is 5.29. The lowest BCUT2D eigenvalue weighted by Crippen LogP contribution is -1.99. The first-order valence-corrected chi connectivity index (χ1v) is 5.55. The normalized spacial score (nSPS) is 14.2. The molecule has 0 heterocycles. The number of hydrogen-bond acceptors (Lipinski definition) is 0. The largest absolute Gasteiger partial charge is 0.0988 e. The lowest BCUT2D eigenvalue weighted by atomic mass is 9.92. The summed E-state index contributed by atoms with van der Waals surface area (Å²) >= 11 is 0. The maximum Gasteiger partial charge on any atom is -0.0191 e. The predicted octanol–water partition coefficient (Wildman–Crippen LogP) is 4.75. The third-order valence-corrected chi connectivity index (χ3v) is 2.62. The maximum atomic E-state index is 4.06. The van der Waals surface area contributed by atoms with Gasteiger partial charge in [0.05, 0.1) is 0 Å². The fourth-order valence-electron chi connectivity index (χ4n) is 1.38. The number of hydrogen-bond donors (Lipinski definition) is 0. The first-order chi connectivity index (χ1) is 6.52. The van der Waals surface area contributed by atoms with E-state index in [-0.39, 0.29) is 0 Å². The molecule has 0 amide bonds. The average molecular weight is 192 g/mol. The molecule has 0 radical (unpaired) electrons. The summed E-state index contributed by atoms with van der Waals surface area (Å²) in [5.74, 6) is 1.13. The Balaban J connectivity index is 4.53. The Labute approximate surface area is 89.4 Å². The lowest BCUT2D eigenvalue weighted by molar-refractivity contribution is 0.611. The van der Waals surface area contributed by atoms with Gasteiger partial charge in [-0.15, -0.1) is 0 Å². The molecule has 0 nitrogen and oxygen atoms in total. The molecule has 1 atom stereocenters. The van der Waals surface area contributed by atoms with Crippen molar-refractivity contribution in [2.24, 2.45) is 11.8 Å². The van der Waals surface area contributed by atoms with Gasteiger partial charge >= 0.3 is 0 Å². The van der Waals surface area contributed by atoms with Crippen molar-refractivity contribution in [3.05, 3.63) is 36.5 Å². The molecular weight excluding hydrogens is 168 g/mol. The van der Waals surface area contributed by atoms with Crippen molar-refractivity contribution in [1.29, 1.82) is 0 Å². The topological polar surface area (TPSA) is 0 Å². The highest BCUT2D eigenvalue weighted by Gasteiger charge is 2.05. The van der Waals surface area contributed by atoms with Gasteiger partial charge in [0.15, 0.2) is 0 Å². The summed E-state index contributed by atoms with van der Waals surface area (Å²) in [6.07, 6.45) is 6.61. The van der Waals surface area contributed by atoms with Gasteiger partial charge < -0.3 is 0 Å². The molecule has 0 aromatic heterocycles. The maximum absolute atomic E-state index is 4.06. The SMILES string of the molecule is C=C/C(=C\C(=C)C(C)C)[C@H](C)CCC. The summed E-state index contributed by atoms with van der Waals surface area (Å²) in [5.41, 5.74) is 2.52. The van der Waals surface area contributed by atoms with E-state index >= 15 is 0 Å². The Hall–Kier alpha value is -0.780. The molecule has 0 rings (SSSR count). The molecule has 0 saturated heterocycles. The molecule has 14 heavy (non-hydrogen) atoms. The fourth-order valence-corrected chi connectivity index (χ4v) is 1.38. The van der Waals surface area contributed by atoms with Gasteiger partial charge in [-0.1, -0.05) is 65.0 Å². The minimum absolute atomic E-state index is 0.527. The van der Waals surface area contributed by atoms with Crippen molar-refractivity contribution < 1.29 is 0 Å². The molecule has 0 spiro atoms. The van der Waals surface area contributed by atoms with Crippen molar-refractivity contribution in [1.82, 2.24) is 0 Å². The Morgan fingerprint density at radius 3 is 2.21 bits per heavy atom. The van der Waals surface area contributed by atoms with Gasteiger partial charge in [-0.25, -0.2) is 0 Å². The van der Waals surface area contributed by atoms with E-state index in [1.807, 2.05) is 6.08 Å². The third kappa shape index (κ3) is 4.45. The Kier molecular flexibility index (Phi) is 6.27. The molecule has 0 bridgehead atoms. The van der Waals surface area contributed by atoms with E-state index < -0.39 is 0 Å². The van der Waals surface area contributed by atoms with Crippen molar-refractivity contribution in [3.63, 3.8) is 0 Å². The molecule has 0 aromatic carbocycles. The van der Waals surface area contributed by atoms with Gasteiger partial charge in [0.1, 0.15) is 0 Å². The van der Waals surface area contributed by atoms with E-state index in [2.05, 4.69) is 46.9 Å². The van der Waals surface area contributed by atoms with E-state index in [0.29, 0.717) is 11.8 Å². The molecule has 0 aliphatic carbocycles. The molecule has 0 unspecified atom stereocenters. The van der Waals surface area contributed by atoms with Gasteiger partial charge in [0.25, 0.3) is 0 Å². The van der Waals surface area contributed by atoms with Gasteiger partial charge in [0, 0.05) is 0 Å². The predicted molar refractivity (Wildman–Crippen MR) is 66.3 cm³/mol. The summed E-state index contributed by atoms with van der Waals surface area (Å²) in [5, 5.41) is 0. The van der Waals surface area contributed by atoms with Crippen LogP contribution in [0.1, 0.15) is 40.5 Å². The highest BCUT2D eigenvalue weighted by atomic mass is 14.1. The van der Waals surface area contributed by atoms with Gasteiger partial charge in [-0.3, -0.25) is 0 Å². The molecule has 80 valence electrons. The van der Waals surface area contributed by atoms with Crippen LogP contribution in [0.2, 0.25) is 0 Å². The first kappa shape index (κ1) is 13.2. The quantitative estimate of drug-likeness (QED) is 0.533. The number of allylic oxidation sites excluding steroid dienone is 4. The van der Waals surface area contributed by atoms with E-state index in [4.69, 9.17) is 0 Å². The van der Waals surface area contributed by atoms with Crippen LogP contribution in [0.4, 0.5) is 0 Å². The zero-order valence-corrected chi connectivity index (χ0v) is 10.1. The second-order valence-corrected chi connectivity index (χ2v) is 4.27. The zero-order chi connectivity index (χ0) is 11.1. The minimum atomic E-state index is 0.527. The summed E-state index contributed by atoms with van der Waals surface area (Å²) in [6, 6.07) is 0. The molecule has 0 heteroatoms. The van der Waals surface area contributed by atoms with Crippen molar-refractivity contribution in [2.45, 2.75) is 40.5 Å². The van der Waals surface area contributed by atoms with E-state index in [1.165, 1.54) is 24.0 Å². The highest BCUT2D eigenvalue weighted by Crippen LogP contribution is 2.21. The molecule has 0 aromatic rings. The fraction of sp³-hybridized carbons (Fsp3) is 0.571. The summed E-state index contributed by atoms with van der Waals surface area (Å²) in [4.78, 5) is 0. The Morgan fingerprint density at radius 2 is 1.86 bits per heavy atom. The zero-order valence-electron chi connectivity index (χ0n) is 10.1. The number of rotatable bonds is 6. The standard InChI is InChI=1S/C14H24/c1-7-9-12(5)14(8-2)10-13(6)11(3)4/h8,10-12H,2,6-7,9H2,1,3-5H3/b14-10+/t12-/m1/s1. The van der Waals surface area contributed by atoms with Crippen LogP contribution in [0.15, 0.2) is 36.5 Å². The van der Waals surface area contributed by atoms with E-state index in [9.17, 15) is 0 Å². The molecule has 0 N–H and O–H groups in total. The van der Waals surface area contributed by atoms with Crippen molar-refractivity contribution in [3.8, 4) is 0 Å². The van der Waals surface area contributed by atoms with Crippen LogP contribution in [0.5, 0.6) is 0 Å². The Bertz CT molecular complexity index is 218. The smallest absolute Gasteiger partial charge is 0.0191 e. The van der Waals surface area contributed by atoms with Crippen LogP contribution in [0.3, 0.4) is 0 Å². The van der Waals surface area contributed by atoms with Gasteiger partial charge in [0.2, 0.25) is 0 Å².